The standard InChI is InChI=1S/C22H19N3O2/c26-21(19-14-8-3-9-15-19)24-20(18-12-6-2-7-13-18)22(27)25-23-16-17-10-4-1-5-11-17/h1-16,20H,(H,24,26)(H,25,27)/b23-16-/t20-/m0/s1. The smallest absolute Gasteiger partial charge is 0.267 e. The van der Waals surface area contributed by atoms with E-state index in [4.69, 9.17) is 0 Å². The topological polar surface area (TPSA) is 70.6 Å². The first-order valence-electron chi connectivity index (χ1n) is 8.53. The molecule has 1 atom stereocenters. The van der Waals surface area contributed by atoms with Gasteiger partial charge in [-0.3, -0.25) is 9.59 Å². The highest BCUT2D eigenvalue weighted by Crippen LogP contribution is 2.14. The molecule has 0 unspecified atom stereocenters. The van der Waals surface area contributed by atoms with Crippen molar-refractivity contribution in [3.63, 3.8) is 0 Å². The lowest BCUT2D eigenvalue weighted by Gasteiger charge is -2.17. The second-order valence-electron chi connectivity index (χ2n) is 5.83. The number of benzene rings is 3. The lowest BCUT2D eigenvalue weighted by Crippen LogP contribution is -2.38. The Kier molecular flexibility index (Phi) is 6.09. The van der Waals surface area contributed by atoms with E-state index in [2.05, 4.69) is 15.8 Å². The molecule has 0 radical (unpaired) electrons. The Morgan fingerprint density at radius 1 is 0.778 bits per heavy atom. The predicted octanol–water partition coefficient (Wildman–Crippen LogP) is 3.31. The van der Waals surface area contributed by atoms with Crippen LogP contribution in [0.5, 0.6) is 0 Å². The molecule has 0 aliphatic rings. The van der Waals surface area contributed by atoms with Crippen LogP contribution in [0.2, 0.25) is 0 Å². The van der Waals surface area contributed by atoms with E-state index in [1.54, 1.807) is 42.6 Å². The van der Waals surface area contributed by atoms with Crippen molar-refractivity contribution in [2.45, 2.75) is 6.04 Å². The van der Waals surface area contributed by atoms with Gasteiger partial charge in [0.25, 0.3) is 11.8 Å². The lowest BCUT2D eigenvalue weighted by atomic mass is 10.1. The maximum absolute atomic E-state index is 12.7. The summed E-state index contributed by atoms with van der Waals surface area (Å²) in [5.74, 6) is -0.746. The van der Waals surface area contributed by atoms with Gasteiger partial charge >= 0.3 is 0 Å². The van der Waals surface area contributed by atoms with Gasteiger partial charge in [0, 0.05) is 5.56 Å². The first-order valence-corrected chi connectivity index (χ1v) is 8.53. The van der Waals surface area contributed by atoms with E-state index in [0.717, 1.165) is 5.56 Å². The van der Waals surface area contributed by atoms with Crippen LogP contribution in [-0.2, 0) is 4.79 Å². The van der Waals surface area contributed by atoms with Gasteiger partial charge in [0.15, 0.2) is 0 Å². The summed E-state index contributed by atoms with van der Waals surface area (Å²) in [6.07, 6.45) is 1.55. The van der Waals surface area contributed by atoms with E-state index in [0.29, 0.717) is 11.1 Å². The molecular formula is C22H19N3O2. The van der Waals surface area contributed by atoms with Crippen LogP contribution in [0.1, 0.15) is 27.5 Å². The van der Waals surface area contributed by atoms with Gasteiger partial charge in [0.2, 0.25) is 0 Å². The van der Waals surface area contributed by atoms with E-state index in [9.17, 15) is 9.59 Å². The molecule has 5 nitrogen and oxygen atoms in total. The molecule has 134 valence electrons. The average molecular weight is 357 g/mol. The molecule has 0 fully saturated rings. The largest absolute Gasteiger partial charge is 0.336 e. The van der Waals surface area contributed by atoms with Crippen LogP contribution in [0.25, 0.3) is 0 Å². The van der Waals surface area contributed by atoms with Crippen LogP contribution in [-0.4, -0.2) is 18.0 Å². The van der Waals surface area contributed by atoms with Crippen LogP contribution in [0, 0.1) is 0 Å². The summed E-state index contributed by atoms with van der Waals surface area (Å²) < 4.78 is 0. The summed E-state index contributed by atoms with van der Waals surface area (Å²) in [6.45, 7) is 0. The fraction of sp³-hybridized carbons (Fsp3) is 0.0455. The highest BCUT2D eigenvalue weighted by molar-refractivity contribution is 5.98. The van der Waals surface area contributed by atoms with E-state index in [1.165, 1.54) is 0 Å². The van der Waals surface area contributed by atoms with Gasteiger partial charge < -0.3 is 5.32 Å². The van der Waals surface area contributed by atoms with Gasteiger partial charge in [0.05, 0.1) is 6.21 Å². The Morgan fingerprint density at radius 2 is 1.33 bits per heavy atom. The third kappa shape index (κ3) is 5.12. The first-order chi connectivity index (χ1) is 13.2. The number of nitrogens with zero attached hydrogens (tertiary/aromatic N) is 1. The third-order valence-electron chi connectivity index (χ3n) is 3.89. The minimum atomic E-state index is -0.855. The van der Waals surface area contributed by atoms with Crippen molar-refractivity contribution in [1.82, 2.24) is 10.7 Å². The molecule has 3 rings (SSSR count). The molecule has 3 aromatic rings. The molecule has 0 bridgehead atoms. The summed E-state index contributed by atoms with van der Waals surface area (Å²) in [7, 11) is 0. The minimum absolute atomic E-state index is 0.327. The molecule has 2 amide bonds. The molecule has 0 aliphatic carbocycles. The van der Waals surface area contributed by atoms with Gasteiger partial charge in [-0.05, 0) is 23.3 Å². The lowest BCUT2D eigenvalue weighted by molar-refractivity contribution is -0.123. The Hall–Kier alpha value is -3.73. The molecule has 2 N–H and O–H groups in total. The Labute approximate surface area is 157 Å². The van der Waals surface area contributed by atoms with Crippen molar-refractivity contribution < 1.29 is 9.59 Å². The van der Waals surface area contributed by atoms with Crippen molar-refractivity contribution in [1.29, 1.82) is 0 Å². The quantitative estimate of drug-likeness (QED) is 0.525. The summed E-state index contributed by atoms with van der Waals surface area (Å²) >= 11 is 0. The van der Waals surface area contributed by atoms with Crippen LogP contribution in [0.3, 0.4) is 0 Å². The second-order valence-corrected chi connectivity index (χ2v) is 5.83. The number of amides is 2. The minimum Gasteiger partial charge on any atom is -0.336 e. The molecule has 0 saturated carbocycles. The molecule has 0 heterocycles. The summed E-state index contributed by atoms with van der Waals surface area (Å²) in [5.41, 5.74) is 4.53. The average Bonchev–Trinajstić information content (AvgIpc) is 2.74. The number of carbonyl (C=O) groups is 2. The maximum atomic E-state index is 12.7. The predicted molar refractivity (Wildman–Crippen MR) is 105 cm³/mol. The molecule has 0 aliphatic heterocycles. The molecule has 0 saturated heterocycles. The zero-order chi connectivity index (χ0) is 18.9. The highest BCUT2D eigenvalue weighted by Gasteiger charge is 2.22. The number of hydrazone groups is 1. The van der Waals surface area contributed by atoms with Gasteiger partial charge in [-0.25, -0.2) is 5.43 Å². The van der Waals surface area contributed by atoms with Crippen molar-refractivity contribution in [3.05, 3.63) is 108 Å². The van der Waals surface area contributed by atoms with E-state index >= 15 is 0 Å². The fourth-order valence-corrected chi connectivity index (χ4v) is 2.52. The zero-order valence-electron chi connectivity index (χ0n) is 14.6. The van der Waals surface area contributed by atoms with Gasteiger partial charge in [-0.2, -0.15) is 5.10 Å². The monoisotopic (exact) mass is 357 g/mol. The van der Waals surface area contributed by atoms with Crippen LogP contribution >= 0.6 is 0 Å². The first kappa shape index (κ1) is 18.1. The normalized spacial score (nSPS) is 11.7. The Bertz CT molecular complexity index is 910. The zero-order valence-corrected chi connectivity index (χ0v) is 14.6. The summed E-state index contributed by atoms with van der Waals surface area (Å²) in [4.78, 5) is 25.2. The highest BCUT2D eigenvalue weighted by atomic mass is 16.2. The Balaban J connectivity index is 1.74. The number of nitrogens with one attached hydrogen (secondary N) is 2. The second kappa shape index (κ2) is 9.10. The summed E-state index contributed by atoms with van der Waals surface area (Å²) in [6, 6.07) is 26.4. The van der Waals surface area contributed by atoms with Gasteiger partial charge in [-0.1, -0.05) is 78.9 Å². The van der Waals surface area contributed by atoms with E-state index in [1.807, 2.05) is 54.6 Å². The van der Waals surface area contributed by atoms with Crippen molar-refractivity contribution in [2.24, 2.45) is 5.10 Å². The number of carbonyl (C=O) groups excluding carboxylic acids is 2. The Morgan fingerprint density at radius 3 is 1.96 bits per heavy atom. The van der Waals surface area contributed by atoms with Crippen LogP contribution < -0.4 is 10.7 Å². The fourth-order valence-electron chi connectivity index (χ4n) is 2.52. The molecule has 0 aromatic heterocycles. The van der Waals surface area contributed by atoms with E-state index < -0.39 is 11.9 Å². The molecular weight excluding hydrogens is 338 g/mol. The number of rotatable bonds is 6. The van der Waals surface area contributed by atoms with Crippen LogP contribution in [0.4, 0.5) is 0 Å². The van der Waals surface area contributed by atoms with Crippen LogP contribution in [0.15, 0.2) is 96.1 Å². The van der Waals surface area contributed by atoms with Gasteiger partial charge in [-0.15, -0.1) is 0 Å². The van der Waals surface area contributed by atoms with Crippen molar-refractivity contribution in [2.75, 3.05) is 0 Å². The van der Waals surface area contributed by atoms with Crippen molar-refractivity contribution >= 4 is 18.0 Å². The SMILES string of the molecule is O=C(N[C@H](C(=O)N/N=C\c1ccccc1)c1ccccc1)c1ccccc1. The molecule has 27 heavy (non-hydrogen) atoms. The molecule has 0 spiro atoms. The number of hydrogen-bond acceptors (Lipinski definition) is 3. The summed E-state index contributed by atoms with van der Waals surface area (Å²) in [5, 5.41) is 6.77. The van der Waals surface area contributed by atoms with Crippen molar-refractivity contribution in [3.8, 4) is 0 Å². The third-order valence-corrected chi connectivity index (χ3v) is 3.89. The maximum Gasteiger partial charge on any atom is 0.267 e. The number of hydrogen-bond donors (Lipinski definition) is 2. The van der Waals surface area contributed by atoms with E-state index in [-0.39, 0.29) is 5.91 Å². The molecule has 5 heteroatoms. The van der Waals surface area contributed by atoms with Gasteiger partial charge in [0.1, 0.15) is 6.04 Å². The molecule has 3 aromatic carbocycles.